The molecule has 30 heavy (non-hydrogen) atoms. The normalized spacial score (nSPS) is 11.0. The Hall–Kier alpha value is -4.06. The van der Waals surface area contributed by atoms with Crippen LogP contribution in [-0.2, 0) is 0 Å². The summed E-state index contributed by atoms with van der Waals surface area (Å²) in [7, 11) is 3.97. The van der Waals surface area contributed by atoms with Gasteiger partial charge in [-0.1, -0.05) is 54.6 Å². The van der Waals surface area contributed by atoms with Crippen LogP contribution < -0.4 is 10.3 Å². The van der Waals surface area contributed by atoms with Gasteiger partial charge in [-0.25, -0.2) is 15.4 Å². The summed E-state index contributed by atoms with van der Waals surface area (Å²) in [4.78, 5) is 24.1. The van der Waals surface area contributed by atoms with Crippen LogP contribution in [0.25, 0.3) is 22.3 Å². The second-order valence-corrected chi connectivity index (χ2v) is 6.96. The molecule has 148 valence electrons. The minimum Gasteiger partial charge on any atom is -0.378 e. The number of carbonyl (C=O) groups is 1. The highest BCUT2D eigenvalue weighted by atomic mass is 16.2. The van der Waals surface area contributed by atoms with Crippen LogP contribution in [0.4, 0.5) is 5.69 Å². The quantitative estimate of drug-likeness (QED) is 0.407. The number of hydrazone groups is 1. The molecule has 6 heteroatoms. The molecule has 4 rings (SSSR count). The lowest BCUT2D eigenvalue weighted by atomic mass is 10.1. The van der Waals surface area contributed by atoms with E-state index in [9.17, 15) is 4.79 Å². The summed E-state index contributed by atoms with van der Waals surface area (Å²) in [6.07, 6.45) is 1.61. The Morgan fingerprint density at radius 1 is 0.867 bits per heavy atom. The second-order valence-electron chi connectivity index (χ2n) is 6.96. The monoisotopic (exact) mass is 395 g/mol. The minimum atomic E-state index is -0.409. The van der Waals surface area contributed by atoms with E-state index in [0.717, 1.165) is 22.3 Å². The molecule has 0 bridgehead atoms. The van der Waals surface area contributed by atoms with E-state index in [-0.39, 0.29) is 5.69 Å². The van der Waals surface area contributed by atoms with Crippen molar-refractivity contribution < 1.29 is 4.79 Å². The Morgan fingerprint density at radius 3 is 2.17 bits per heavy atom. The first-order valence-corrected chi connectivity index (χ1v) is 9.55. The lowest BCUT2D eigenvalue weighted by Crippen LogP contribution is -2.20. The molecule has 3 aromatic carbocycles. The standard InChI is InChI=1S/C24H21N5O/c1-29(2)19-14-12-17(13-15-19)16-25-28-24(30)23-22(18-8-4-3-5-9-18)26-20-10-6-7-11-21(20)27-23/h3-16H,1-2H3,(H,28,30)/b25-16+. The Balaban J connectivity index is 1.62. The van der Waals surface area contributed by atoms with Gasteiger partial charge in [-0.3, -0.25) is 4.79 Å². The number of nitrogens with one attached hydrogen (secondary N) is 1. The third-order valence-corrected chi connectivity index (χ3v) is 4.62. The molecule has 6 nitrogen and oxygen atoms in total. The fourth-order valence-corrected chi connectivity index (χ4v) is 3.03. The number of fused-ring (bicyclic) bond motifs is 1. The number of aromatic nitrogens is 2. The van der Waals surface area contributed by atoms with Gasteiger partial charge in [-0.05, 0) is 29.8 Å². The molecule has 0 atom stereocenters. The number of amides is 1. The van der Waals surface area contributed by atoms with Crippen molar-refractivity contribution in [1.29, 1.82) is 0 Å². The largest absolute Gasteiger partial charge is 0.378 e. The molecule has 4 aromatic rings. The molecule has 0 radical (unpaired) electrons. The fraction of sp³-hybridized carbons (Fsp3) is 0.0833. The molecular weight excluding hydrogens is 374 g/mol. The highest BCUT2D eigenvalue weighted by Crippen LogP contribution is 2.23. The number of rotatable bonds is 5. The van der Waals surface area contributed by atoms with Gasteiger partial charge in [0, 0.05) is 25.3 Å². The highest BCUT2D eigenvalue weighted by molar-refractivity contribution is 6.00. The van der Waals surface area contributed by atoms with E-state index in [4.69, 9.17) is 0 Å². The molecular formula is C24H21N5O. The summed E-state index contributed by atoms with van der Waals surface area (Å²) >= 11 is 0. The van der Waals surface area contributed by atoms with Crippen molar-refractivity contribution in [2.45, 2.75) is 0 Å². The van der Waals surface area contributed by atoms with E-state index in [1.54, 1.807) is 6.21 Å². The minimum absolute atomic E-state index is 0.236. The average Bonchev–Trinajstić information content (AvgIpc) is 2.79. The maximum Gasteiger partial charge on any atom is 0.292 e. The molecule has 1 heterocycles. The molecule has 0 fully saturated rings. The van der Waals surface area contributed by atoms with Crippen LogP contribution in [-0.4, -0.2) is 36.2 Å². The molecule has 1 amide bonds. The Morgan fingerprint density at radius 2 is 1.50 bits per heavy atom. The number of anilines is 1. The second kappa shape index (κ2) is 8.53. The average molecular weight is 395 g/mol. The van der Waals surface area contributed by atoms with E-state index in [1.807, 2.05) is 97.9 Å². The number of hydrogen-bond acceptors (Lipinski definition) is 5. The molecule has 0 saturated carbocycles. The fourth-order valence-electron chi connectivity index (χ4n) is 3.03. The van der Waals surface area contributed by atoms with Gasteiger partial charge in [-0.2, -0.15) is 5.10 Å². The van der Waals surface area contributed by atoms with Crippen molar-refractivity contribution in [3.05, 3.63) is 90.1 Å². The zero-order valence-corrected chi connectivity index (χ0v) is 16.8. The number of benzene rings is 3. The summed E-state index contributed by atoms with van der Waals surface area (Å²) in [5.41, 5.74) is 7.53. The molecule has 0 spiro atoms. The van der Waals surface area contributed by atoms with Crippen molar-refractivity contribution in [2.75, 3.05) is 19.0 Å². The predicted molar refractivity (Wildman–Crippen MR) is 121 cm³/mol. The predicted octanol–water partition coefficient (Wildman–Crippen LogP) is 4.13. The van der Waals surface area contributed by atoms with Crippen LogP contribution in [0.1, 0.15) is 16.1 Å². The summed E-state index contributed by atoms with van der Waals surface area (Å²) in [5.74, 6) is -0.409. The molecule has 0 aliphatic carbocycles. The zero-order valence-electron chi connectivity index (χ0n) is 16.8. The smallest absolute Gasteiger partial charge is 0.292 e. The maximum absolute atomic E-state index is 12.9. The van der Waals surface area contributed by atoms with Crippen LogP contribution in [0.15, 0.2) is 84.0 Å². The molecule has 0 saturated heterocycles. The Labute approximate surface area is 174 Å². The number of carbonyl (C=O) groups excluding carboxylic acids is 1. The molecule has 0 aliphatic rings. The van der Waals surface area contributed by atoms with Gasteiger partial charge in [0.1, 0.15) is 5.69 Å². The van der Waals surface area contributed by atoms with Gasteiger partial charge >= 0.3 is 0 Å². The first kappa shape index (κ1) is 19.3. The lowest BCUT2D eigenvalue weighted by molar-refractivity contribution is 0.0951. The number of nitrogens with zero attached hydrogens (tertiary/aromatic N) is 4. The number of para-hydroxylation sites is 2. The Bertz CT molecular complexity index is 1200. The summed E-state index contributed by atoms with van der Waals surface area (Å²) < 4.78 is 0. The van der Waals surface area contributed by atoms with E-state index in [1.165, 1.54) is 0 Å². The summed E-state index contributed by atoms with van der Waals surface area (Å²) in [5, 5.41) is 4.10. The topological polar surface area (TPSA) is 70.5 Å². The SMILES string of the molecule is CN(C)c1ccc(/C=N/NC(=O)c2nc3ccccc3nc2-c2ccccc2)cc1. The lowest BCUT2D eigenvalue weighted by Gasteiger charge is -2.11. The molecule has 0 unspecified atom stereocenters. The molecule has 1 aromatic heterocycles. The van der Waals surface area contributed by atoms with Crippen LogP contribution in [0.5, 0.6) is 0 Å². The van der Waals surface area contributed by atoms with Crippen molar-refractivity contribution in [1.82, 2.24) is 15.4 Å². The van der Waals surface area contributed by atoms with Gasteiger partial charge in [0.05, 0.1) is 17.2 Å². The van der Waals surface area contributed by atoms with Gasteiger partial charge in [0.2, 0.25) is 0 Å². The van der Waals surface area contributed by atoms with Crippen molar-refractivity contribution >= 4 is 28.8 Å². The third-order valence-electron chi connectivity index (χ3n) is 4.62. The third kappa shape index (κ3) is 4.17. The van der Waals surface area contributed by atoms with Crippen molar-refractivity contribution in [3.63, 3.8) is 0 Å². The first-order valence-electron chi connectivity index (χ1n) is 9.55. The maximum atomic E-state index is 12.9. The zero-order chi connectivity index (χ0) is 20.9. The Kier molecular flexibility index (Phi) is 5.48. The van der Waals surface area contributed by atoms with Gasteiger partial charge in [0.15, 0.2) is 5.69 Å². The van der Waals surface area contributed by atoms with Gasteiger partial charge in [-0.15, -0.1) is 0 Å². The first-order chi connectivity index (χ1) is 14.6. The van der Waals surface area contributed by atoms with Crippen LogP contribution >= 0.6 is 0 Å². The summed E-state index contributed by atoms with van der Waals surface area (Å²) in [6.45, 7) is 0. The summed E-state index contributed by atoms with van der Waals surface area (Å²) in [6, 6.07) is 24.9. The van der Waals surface area contributed by atoms with E-state index >= 15 is 0 Å². The van der Waals surface area contributed by atoms with E-state index < -0.39 is 5.91 Å². The van der Waals surface area contributed by atoms with Crippen LogP contribution in [0.2, 0.25) is 0 Å². The molecule has 0 aliphatic heterocycles. The molecule has 1 N–H and O–H groups in total. The van der Waals surface area contributed by atoms with Crippen LogP contribution in [0, 0.1) is 0 Å². The van der Waals surface area contributed by atoms with Crippen molar-refractivity contribution in [3.8, 4) is 11.3 Å². The van der Waals surface area contributed by atoms with Gasteiger partial charge in [0.25, 0.3) is 5.91 Å². The van der Waals surface area contributed by atoms with Crippen molar-refractivity contribution in [2.24, 2.45) is 5.10 Å². The number of hydrogen-bond donors (Lipinski definition) is 1. The van der Waals surface area contributed by atoms with Crippen LogP contribution in [0.3, 0.4) is 0 Å². The van der Waals surface area contributed by atoms with E-state index in [0.29, 0.717) is 11.2 Å². The van der Waals surface area contributed by atoms with E-state index in [2.05, 4.69) is 20.5 Å². The highest BCUT2D eigenvalue weighted by Gasteiger charge is 2.17. The van der Waals surface area contributed by atoms with Gasteiger partial charge < -0.3 is 4.90 Å².